The predicted octanol–water partition coefficient (Wildman–Crippen LogP) is 3.10. The molecular weight excluding hydrogens is 456 g/mol. The number of hydrogen-bond acceptors (Lipinski definition) is 5. The van der Waals surface area contributed by atoms with Crippen molar-refractivity contribution in [2.24, 2.45) is 11.8 Å². The highest BCUT2D eigenvalue weighted by Gasteiger charge is 2.35. The van der Waals surface area contributed by atoms with Crippen molar-refractivity contribution in [1.82, 2.24) is 20.4 Å². The van der Waals surface area contributed by atoms with E-state index in [1.54, 1.807) is 18.9 Å². The highest BCUT2D eigenvalue weighted by Crippen LogP contribution is 2.21. The Morgan fingerprint density at radius 1 is 1.03 bits per heavy atom. The molecule has 0 saturated carbocycles. The van der Waals surface area contributed by atoms with Crippen LogP contribution in [0.1, 0.15) is 87.0 Å². The molecule has 2 unspecified atom stereocenters. The first kappa shape index (κ1) is 32.1. The van der Waals surface area contributed by atoms with Gasteiger partial charge >= 0.3 is 0 Å². The molecule has 1 aliphatic rings. The molecule has 3 N–H and O–H groups in total. The number of amides is 3. The molecular formula is C28H52N4O4. The van der Waals surface area contributed by atoms with Crippen LogP contribution in [0.15, 0.2) is 11.6 Å². The van der Waals surface area contributed by atoms with Gasteiger partial charge in [-0.25, -0.2) is 0 Å². The van der Waals surface area contributed by atoms with Crippen LogP contribution in [-0.4, -0.2) is 83.5 Å². The zero-order valence-electron chi connectivity index (χ0n) is 24.0. The quantitative estimate of drug-likeness (QED) is 0.247. The van der Waals surface area contributed by atoms with Crippen molar-refractivity contribution in [3.63, 3.8) is 0 Å². The number of piperidine rings is 1. The lowest BCUT2D eigenvalue weighted by Crippen LogP contribution is -2.58. The maximum atomic E-state index is 13.6. The Bertz CT molecular complexity index is 735. The number of nitrogens with zero attached hydrogens (tertiary/aromatic N) is 2. The molecule has 36 heavy (non-hydrogen) atoms. The van der Waals surface area contributed by atoms with Gasteiger partial charge in [0.2, 0.25) is 17.7 Å². The van der Waals surface area contributed by atoms with Gasteiger partial charge < -0.3 is 20.6 Å². The van der Waals surface area contributed by atoms with Crippen LogP contribution in [0.5, 0.6) is 0 Å². The number of aliphatic hydroxyl groups is 1. The van der Waals surface area contributed by atoms with Crippen LogP contribution in [-0.2, 0) is 14.4 Å². The maximum Gasteiger partial charge on any atom is 0.246 e. The van der Waals surface area contributed by atoms with Gasteiger partial charge in [-0.1, -0.05) is 40.2 Å². The number of carbonyl (C=O) groups is 3. The number of likely N-dealkylation sites (tertiary alicyclic amines) is 1. The van der Waals surface area contributed by atoms with Gasteiger partial charge in [0.25, 0.3) is 0 Å². The smallest absolute Gasteiger partial charge is 0.246 e. The van der Waals surface area contributed by atoms with Crippen LogP contribution in [0.4, 0.5) is 0 Å². The molecule has 1 rings (SSSR count). The summed E-state index contributed by atoms with van der Waals surface area (Å²) in [5.41, 5.74) is 0.565. The van der Waals surface area contributed by atoms with E-state index in [9.17, 15) is 14.4 Å². The Morgan fingerprint density at radius 3 is 2.25 bits per heavy atom. The lowest BCUT2D eigenvalue weighted by molar-refractivity contribution is -0.140. The zero-order chi connectivity index (χ0) is 27.4. The molecule has 1 saturated heterocycles. The average Bonchev–Trinajstić information content (AvgIpc) is 2.83. The lowest BCUT2D eigenvalue weighted by atomic mass is 9.95. The first-order chi connectivity index (χ1) is 16.9. The van der Waals surface area contributed by atoms with Gasteiger partial charge in [0.15, 0.2) is 0 Å². The van der Waals surface area contributed by atoms with Crippen molar-refractivity contribution in [3.05, 3.63) is 11.6 Å². The van der Waals surface area contributed by atoms with Gasteiger partial charge in [0.1, 0.15) is 6.04 Å². The molecule has 3 atom stereocenters. The summed E-state index contributed by atoms with van der Waals surface area (Å²) < 4.78 is 0. The number of carbonyl (C=O) groups excluding carboxylic acids is 3. The minimum atomic E-state index is -0.631. The number of unbranched alkanes of at least 4 members (excludes halogenated alkanes) is 2. The normalized spacial score (nSPS) is 18.9. The van der Waals surface area contributed by atoms with Crippen molar-refractivity contribution in [3.8, 4) is 0 Å². The fraction of sp³-hybridized carbons (Fsp3) is 0.821. The summed E-state index contributed by atoms with van der Waals surface area (Å²) in [5.74, 6) is -0.343. The summed E-state index contributed by atoms with van der Waals surface area (Å²) in [6.07, 6.45) is 7.19. The third-order valence-corrected chi connectivity index (χ3v) is 7.12. The molecule has 8 heteroatoms. The highest BCUT2D eigenvalue weighted by atomic mass is 16.3. The van der Waals surface area contributed by atoms with Gasteiger partial charge in [-0.3, -0.25) is 19.3 Å². The average molecular weight is 509 g/mol. The highest BCUT2D eigenvalue weighted by molar-refractivity contribution is 5.93. The molecule has 0 radical (unpaired) electrons. The number of rotatable bonds is 14. The summed E-state index contributed by atoms with van der Waals surface area (Å²) in [6.45, 7) is 15.6. The van der Waals surface area contributed by atoms with Gasteiger partial charge in [0.05, 0.1) is 12.1 Å². The van der Waals surface area contributed by atoms with E-state index in [2.05, 4.69) is 29.4 Å². The van der Waals surface area contributed by atoms with Gasteiger partial charge in [-0.15, -0.1) is 0 Å². The van der Waals surface area contributed by atoms with Crippen molar-refractivity contribution < 1.29 is 19.5 Å². The fourth-order valence-electron chi connectivity index (χ4n) is 4.82. The van der Waals surface area contributed by atoms with E-state index in [-0.39, 0.29) is 54.3 Å². The molecule has 1 fully saturated rings. The van der Waals surface area contributed by atoms with E-state index >= 15 is 0 Å². The first-order valence-corrected chi connectivity index (χ1v) is 13.8. The van der Waals surface area contributed by atoms with Crippen LogP contribution >= 0.6 is 0 Å². The van der Waals surface area contributed by atoms with Crippen molar-refractivity contribution in [2.75, 3.05) is 26.7 Å². The molecule has 3 amide bonds. The van der Waals surface area contributed by atoms with Gasteiger partial charge in [-0.2, -0.15) is 0 Å². The molecule has 0 aromatic carbocycles. The Labute approximate surface area is 219 Å². The summed E-state index contributed by atoms with van der Waals surface area (Å²) in [5, 5.41) is 14.9. The minimum absolute atomic E-state index is 0.0694. The monoisotopic (exact) mass is 508 g/mol. The summed E-state index contributed by atoms with van der Waals surface area (Å²) in [7, 11) is 1.76. The van der Waals surface area contributed by atoms with E-state index in [0.29, 0.717) is 12.1 Å². The molecule has 0 aliphatic carbocycles. The third kappa shape index (κ3) is 9.85. The van der Waals surface area contributed by atoms with Crippen LogP contribution in [0.3, 0.4) is 0 Å². The SMILES string of the molecule is C/C(=C\[C@H](C(C)C)N(C)C(=O)C(NC(=O)C1CCCCN1C(C)C)C(C)C)C(=O)NCCCCCO. The molecule has 0 spiro atoms. The Balaban J connectivity index is 2.94. The molecule has 1 heterocycles. The summed E-state index contributed by atoms with van der Waals surface area (Å²) in [6, 6.07) is -0.843. The Hall–Kier alpha value is -1.93. The lowest BCUT2D eigenvalue weighted by Gasteiger charge is -2.39. The molecule has 0 aromatic heterocycles. The number of hydrogen-bond donors (Lipinski definition) is 3. The van der Waals surface area contributed by atoms with Crippen LogP contribution in [0.25, 0.3) is 0 Å². The second-order valence-corrected chi connectivity index (χ2v) is 11.1. The second-order valence-electron chi connectivity index (χ2n) is 11.1. The topological polar surface area (TPSA) is 102 Å². The third-order valence-electron chi connectivity index (χ3n) is 7.12. The minimum Gasteiger partial charge on any atom is -0.396 e. The van der Waals surface area contributed by atoms with E-state index < -0.39 is 6.04 Å². The van der Waals surface area contributed by atoms with Crippen LogP contribution < -0.4 is 10.6 Å². The van der Waals surface area contributed by atoms with Crippen LogP contribution in [0, 0.1) is 11.8 Å². The molecule has 1 aliphatic heterocycles. The molecule has 0 bridgehead atoms. The van der Waals surface area contributed by atoms with Crippen molar-refractivity contribution in [2.45, 2.75) is 111 Å². The van der Waals surface area contributed by atoms with Gasteiger partial charge in [0, 0.05) is 31.8 Å². The Kier molecular flexibility index (Phi) is 14.3. The van der Waals surface area contributed by atoms with Crippen molar-refractivity contribution in [1.29, 1.82) is 0 Å². The maximum absolute atomic E-state index is 13.6. The summed E-state index contributed by atoms with van der Waals surface area (Å²) >= 11 is 0. The first-order valence-electron chi connectivity index (χ1n) is 13.8. The molecule has 208 valence electrons. The molecule has 0 aromatic rings. The second kappa shape index (κ2) is 16.0. The Morgan fingerprint density at radius 2 is 1.69 bits per heavy atom. The van der Waals surface area contributed by atoms with E-state index in [0.717, 1.165) is 45.1 Å². The molecule has 8 nitrogen and oxygen atoms in total. The van der Waals surface area contributed by atoms with Gasteiger partial charge in [-0.05, 0) is 71.3 Å². The number of aliphatic hydroxyl groups excluding tert-OH is 1. The fourth-order valence-corrected chi connectivity index (χ4v) is 4.82. The summed E-state index contributed by atoms with van der Waals surface area (Å²) in [4.78, 5) is 43.4. The largest absolute Gasteiger partial charge is 0.396 e. The van der Waals surface area contributed by atoms with Crippen LogP contribution in [0.2, 0.25) is 0 Å². The number of nitrogens with one attached hydrogen (secondary N) is 2. The van der Waals surface area contributed by atoms with E-state index in [4.69, 9.17) is 5.11 Å². The number of likely N-dealkylation sites (N-methyl/N-ethyl adjacent to an activating group) is 1. The van der Waals surface area contributed by atoms with E-state index in [1.165, 1.54) is 0 Å². The zero-order valence-corrected chi connectivity index (χ0v) is 24.0. The predicted molar refractivity (Wildman–Crippen MR) is 145 cm³/mol. The van der Waals surface area contributed by atoms with E-state index in [1.807, 2.05) is 33.8 Å². The standard InChI is InChI=1S/C28H52N4O4/c1-19(2)24(18-22(7)26(34)29-15-11-9-13-17-33)31(8)28(36)25(20(3)4)30-27(35)23-14-10-12-16-32(23)21(5)6/h18-21,23-25,33H,9-17H2,1-8H3,(H,29,34)(H,30,35)/b22-18+/t23?,24-,25?/m1/s1. The van der Waals surface area contributed by atoms with Crippen molar-refractivity contribution >= 4 is 17.7 Å².